The summed E-state index contributed by atoms with van der Waals surface area (Å²) in [5, 5.41) is 12.1. The Bertz CT molecular complexity index is 582. The lowest BCUT2D eigenvalue weighted by molar-refractivity contribution is -0.117. The van der Waals surface area contributed by atoms with Gasteiger partial charge in [0.1, 0.15) is 0 Å². The third-order valence-corrected chi connectivity index (χ3v) is 3.37. The number of carbonyl (C=O) groups excluding carboxylic acids is 1. The molecule has 4 heteroatoms. The normalized spacial score (nSPS) is 10.7. The van der Waals surface area contributed by atoms with Crippen molar-refractivity contribution >= 4 is 11.6 Å². The van der Waals surface area contributed by atoms with Crippen LogP contribution in [0.4, 0.5) is 5.69 Å². The fraction of sp³-hybridized carbons (Fsp3) is 0.278. The van der Waals surface area contributed by atoms with Crippen LogP contribution in [0.25, 0.3) is 0 Å². The van der Waals surface area contributed by atoms with Crippen molar-refractivity contribution in [1.29, 1.82) is 0 Å². The Morgan fingerprint density at radius 1 is 1.09 bits per heavy atom. The Balaban J connectivity index is 1.92. The third-order valence-electron chi connectivity index (χ3n) is 3.37. The van der Waals surface area contributed by atoms with Crippen molar-refractivity contribution in [3.8, 4) is 0 Å². The molecule has 0 radical (unpaired) electrons. The van der Waals surface area contributed by atoms with E-state index in [1.54, 1.807) is 0 Å². The summed E-state index contributed by atoms with van der Waals surface area (Å²) in [6.07, 6.45) is 0. The number of nitrogens with one attached hydrogen (secondary N) is 1. The molecule has 4 nitrogen and oxygen atoms in total. The van der Waals surface area contributed by atoms with Gasteiger partial charge in [0.2, 0.25) is 5.91 Å². The standard InChI is InChI=1S/C18H22N2O2/c1-15-7-9-17(10-8-15)19-18(22)14-20(11-12-21)13-16-5-3-2-4-6-16/h2-10,21H,11-14H2,1H3,(H,19,22). The predicted molar refractivity (Wildman–Crippen MR) is 88.6 cm³/mol. The summed E-state index contributed by atoms with van der Waals surface area (Å²) in [7, 11) is 0. The Kier molecular flexibility index (Phi) is 6.13. The zero-order valence-electron chi connectivity index (χ0n) is 12.8. The zero-order chi connectivity index (χ0) is 15.8. The van der Waals surface area contributed by atoms with Gasteiger partial charge in [-0.1, -0.05) is 48.0 Å². The van der Waals surface area contributed by atoms with Gasteiger partial charge in [0, 0.05) is 18.8 Å². The highest BCUT2D eigenvalue weighted by molar-refractivity contribution is 5.92. The number of nitrogens with zero attached hydrogens (tertiary/aromatic N) is 1. The summed E-state index contributed by atoms with van der Waals surface area (Å²) in [6.45, 7) is 3.40. The minimum atomic E-state index is -0.0757. The molecule has 2 aromatic rings. The SMILES string of the molecule is Cc1ccc(NC(=O)CN(CCO)Cc2ccccc2)cc1. The van der Waals surface area contributed by atoms with E-state index in [1.807, 2.05) is 66.4 Å². The fourth-order valence-corrected chi connectivity index (χ4v) is 2.24. The van der Waals surface area contributed by atoms with Crippen LogP contribution in [-0.4, -0.2) is 35.6 Å². The molecule has 0 aliphatic heterocycles. The number of anilines is 1. The van der Waals surface area contributed by atoms with Crippen LogP contribution in [0.2, 0.25) is 0 Å². The quantitative estimate of drug-likeness (QED) is 0.825. The first-order valence-corrected chi connectivity index (χ1v) is 7.41. The van der Waals surface area contributed by atoms with Crippen LogP contribution >= 0.6 is 0 Å². The highest BCUT2D eigenvalue weighted by Crippen LogP contribution is 2.09. The summed E-state index contributed by atoms with van der Waals surface area (Å²) in [6, 6.07) is 17.6. The second kappa shape index (κ2) is 8.32. The van der Waals surface area contributed by atoms with Crippen LogP contribution in [0.15, 0.2) is 54.6 Å². The molecule has 0 atom stereocenters. The molecular weight excluding hydrogens is 276 g/mol. The highest BCUT2D eigenvalue weighted by atomic mass is 16.3. The molecule has 0 unspecified atom stereocenters. The Morgan fingerprint density at radius 2 is 1.77 bits per heavy atom. The second-order valence-electron chi connectivity index (χ2n) is 5.33. The maximum Gasteiger partial charge on any atom is 0.238 e. The van der Waals surface area contributed by atoms with E-state index in [2.05, 4.69) is 5.32 Å². The lowest BCUT2D eigenvalue weighted by atomic mass is 10.2. The third kappa shape index (κ3) is 5.31. The van der Waals surface area contributed by atoms with Crippen LogP contribution in [0, 0.1) is 6.92 Å². The molecule has 1 amide bonds. The van der Waals surface area contributed by atoms with E-state index in [4.69, 9.17) is 0 Å². The van der Waals surface area contributed by atoms with Gasteiger partial charge in [-0.2, -0.15) is 0 Å². The average molecular weight is 298 g/mol. The maximum atomic E-state index is 12.1. The molecular formula is C18H22N2O2. The summed E-state index contributed by atoms with van der Waals surface area (Å²) >= 11 is 0. The Hall–Kier alpha value is -2.17. The Morgan fingerprint density at radius 3 is 2.41 bits per heavy atom. The van der Waals surface area contributed by atoms with Crippen molar-refractivity contribution in [3.05, 3.63) is 65.7 Å². The Labute approximate surface area is 131 Å². The molecule has 0 spiro atoms. The number of hydrogen-bond donors (Lipinski definition) is 2. The van der Waals surface area contributed by atoms with E-state index in [0.29, 0.717) is 13.1 Å². The van der Waals surface area contributed by atoms with E-state index < -0.39 is 0 Å². The van der Waals surface area contributed by atoms with Gasteiger partial charge in [-0.25, -0.2) is 0 Å². The van der Waals surface area contributed by atoms with Crippen LogP contribution in [0.3, 0.4) is 0 Å². The topological polar surface area (TPSA) is 52.6 Å². The first-order valence-electron chi connectivity index (χ1n) is 7.41. The minimum absolute atomic E-state index is 0.0324. The number of hydrogen-bond acceptors (Lipinski definition) is 3. The molecule has 2 rings (SSSR count). The second-order valence-corrected chi connectivity index (χ2v) is 5.33. The molecule has 0 saturated carbocycles. The number of benzene rings is 2. The predicted octanol–water partition coefficient (Wildman–Crippen LogP) is 2.43. The van der Waals surface area contributed by atoms with Crippen LogP contribution in [0.5, 0.6) is 0 Å². The molecule has 2 aromatic carbocycles. The van der Waals surface area contributed by atoms with E-state index in [1.165, 1.54) is 0 Å². The molecule has 116 valence electrons. The molecule has 0 aliphatic carbocycles. The molecule has 2 N–H and O–H groups in total. The summed E-state index contributed by atoms with van der Waals surface area (Å²) in [4.78, 5) is 14.1. The lowest BCUT2D eigenvalue weighted by Gasteiger charge is -2.20. The monoisotopic (exact) mass is 298 g/mol. The van der Waals surface area contributed by atoms with E-state index in [9.17, 15) is 9.90 Å². The van der Waals surface area contributed by atoms with Crippen molar-refractivity contribution in [1.82, 2.24) is 4.90 Å². The van der Waals surface area contributed by atoms with E-state index in [-0.39, 0.29) is 19.1 Å². The molecule has 0 aromatic heterocycles. The minimum Gasteiger partial charge on any atom is -0.395 e. The number of rotatable bonds is 7. The number of aliphatic hydroxyl groups excluding tert-OH is 1. The highest BCUT2D eigenvalue weighted by Gasteiger charge is 2.11. The van der Waals surface area contributed by atoms with Gasteiger partial charge in [-0.05, 0) is 24.6 Å². The van der Waals surface area contributed by atoms with Gasteiger partial charge < -0.3 is 10.4 Å². The molecule has 0 heterocycles. The summed E-state index contributed by atoms with van der Waals surface area (Å²) in [5.41, 5.74) is 3.07. The average Bonchev–Trinajstić information content (AvgIpc) is 2.51. The number of aryl methyl sites for hydroxylation is 1. The van der Waals surface area contributed by atoms with Gasteiger partial charge in [0.25, 0.3) is 0 Å². The van der Waals surface area contributed by atoms with Crippen molar-refractivity contribution in [2.45, 2.75) is 13.5 Å². The zero-order valence-corrected chi connectivity index (χ0v) is 12.8. The largest absolute Gasteiger partial charge is 0.395 e. The van der Waals surface area contributed by atoms with Gasteiger partial charge in [-0.15, -0.1) is 0 Å². The first kappa shape index (κ1) is 16.2. The van der Waals surface area contributed by atoms with E-state index in [0.717, 1.165) is 16.8 Å². The van der Waals surface area contributed by atoms with Gasteiger partial charge in [-0.3, -0.25) is 9.69 Å². The van der Waals surface area contributed by atoms with Gasteiger partial charge in [0.05, 0.1) is 13.2 Å². The number of carbonyl (C=O) groups is 1. The lowest BCUT2D eigenvalue weighted by Crippen LogP contribution is -2.34. The van der Waals surface area contributed by atoms with Crippen molar-refractivity contribution < 1.29 is 9.90 Å². The van der Waals surface area contributed by atoms with Crippen LogP contribution in [-0.2, 0) is 11.3 Å². The van der Waals surface area contributed by atoms with Gasteiger partial charge >= 0.3 is 0 Å². The van der Waals surface area contributed by atoms with Crippen LogP contribution < -0.4 is 5.32 Å². The van der Waals surface area contributed by atoms with Crippen molar-refractivity contribution in [2.24, 2.45) is 0 Å². The summed E-state index contributed by atoms with van der Waals surface area (Å²) < 4.78 is 0. The van der Waals surface area contributed by atoms with Crippen molar-refractivity contribution in [2.75, 3.05) is 25.0 Å². The molecule has 0 fully saturated rings. The van der Waals surface area contributed by atoms with Crippen LogP contribution in [0.1, 0.15) is 11.1 Å². The molecule has 0 bridgehead atoms. The number of aliphatic hydroxyl groups is 1. The van der Waals surface area contributed by atoms with Gasteiger partial charge in [0.15, 0.2) is 0 Å². The number of amides is 1. The molecule has 0 aliphatic rings. The smallest absolute Gasteiger partial charge is 0.238 e. The summed E-state index contributed by atoms with van der Waals surface area (Å²) in [5.74, 6) is -0.0757. The molecule has 0 saturated heterocycles. The fourth-order valence-electron chi connectivity index (χ4n) is 2.24. The first-order chi connectivity index (χ1) is 10.7. The van der Waals surface area contributed by atoms with Crippen molar-refractivity contribution in [3.63, 3.8) is 0 Å². The van der Waals surface area contributed by atoms with E-state index >= 15 is 0 Å². The molecule has 22 heavy (non-hydrogen) atoms. The maximum absolute atomic E-state index is 12.1.